The number of aromatic nitrogens is 3. The standard InChI is InChI=1S/C26H26N4O5/c1-15(2)35-18-7-5-6-16(8-18)25(31)24-20-10-23(34-4)22(33-3)9-19(20)17(11-28-24)12-29-26(32)21-13-27-14-30-21/h5-11,13-15H,12H2,1-4H3,(H,27,30)(H,29,32). The molecule has 4 rings (SSSR count). The zero-order chi connectivity index (χ0) is 24.9. The van der Waals surface area contributed by atoms with Crippen LogP contribution in [-0.4, -0.2) is 47.0 Å². The van der Waals surface area contributed by atoms with Crippen LogP contribution in [0.5, 0.6) is 17.2 Å². The molecule has 4 aromatic rings. The lowest BCUT2D eigenvalue weighted by Crippen LogP contribution is -2.23. The second-order valence-electron chi connectivity index (χ2n) is 8.06. The summed E-state index contributed by atoms with van der Waals surface area (Å²) in [4.78, 5) is 37.0. The molecule has 9 heteroatoms. The van der Waals surface area contributed by atoms with Gasteiger partial charge in [-0.3, -0.25) is 14.6 Å². The average molecular weight is 475 g/mol. The summed E-state index contributed by atoms with van der Waals surface area (Å²) in [6.45, 7) is 4.03. The minimum atomic E-state index is -0.307. The summed E-state index contributed by atoms with van der Waals surface area (Å²) in [5.41, 5.74) is 1.76. The van der Waals surface area contributed by atoms with Crippen LogP contribution in [0.3, 0.4) is 0 Å². The molecule has 0 aliphatic carbocycles. The summed E-state index contributed by atoms with van der Waals surface area (Å²) in [7, 11) is 3.07. The summed E-state index contributed by atoms with van der Waals surface area (Å²) in [6.07, 6.45) is 4.44. The number of hydrogen-bond donors (Lipinski definition) is 2. The lowest BCUT2D eigenvalue weighted by molar-refractivity contribution is 0.0945. The molecule has 9 nitrogen and oxygen atoms in total. The zero-order valence-electron chi connectivity index (χ0n) is 19.9. The highest BCUT2D eigenvalue weighted by atomic mass is 16.5. The predicted octanol–water partition coefficient (Wildman–Crippen LogP) is 3.92. The van der Waals surface area contributed by atoms with Gasteiger partial charge in [0.05, 0.1) is 32.8 Å². The lowest BCUT2D eigenvalue weighted by atomic mass is 9.98. The Balaban J connectivity index is 1.76. The first-order valence-electron chi connectivity index (χ1n) is 11.0. The highest BCUT2D eigenvalue weighted by Crippen LogP contribution is 2.35. The number of H-pyrrole nitrogens is 1. The van der Waals surface area contributed by atoms with Crippen LogP contribution in [0.4, 0.5) is 0 Å². The molecule has 2 aromatic heterocycles. The van der Waals surface area contributed by atoms with E-state index in [1.165, 1.54) is 26.7 Å². The van der Waals surface area contributed by atoms with Gasteiger partial charge in [-0.25, -0.2) is 4.98 Å². The topological polar surface area (TPSA) is 115 Å². The Hall–Kier alpha value is -4.40. The third-order valence-electron chi connectivity index (χ3n) is 5.34. The van der Waals surface area contributed by atoms with E-state index in [1.807, 2.05) is 19.9 Å². The van der Waals surface area contributed by atoms with Gasteiger partial charge in [0.25, 0.3) is 5.91 Å². The van der Waals surface area contributed by atoms with Crippen molar-refractivity contribution in [3.63, 3.8) is 0 Å². The molecule has 0 fully saturated rings. The van der Waals surface area contributed by atoms with Crippen molar-refractivity contribution in [2.24, 2.45) is 0 Å². The number of carbonyl (C=O) groups excluding carboxylic acids is 2. The van der Waals surface area contributed by atoms with Crippen LogP contribution in [0.15, 0.2) is 55.1 Å². The van der Waals surface area contributed by atoms with Gasteiger partial charge < -0.3 is 24.5 Å². The average Bonchev–Trinajstić information content (AvgIpc) is 3.40. The van der Waals surface area contributed by atoms with E-state index >= 15 is 0 Å². The number of aromatic amines is 1. The van der Waals surface area contributed by atoms with Crippen LogP contribution in [0, 0.1) is 0 Å². The summed E-state index contributed by atoms with van der Waals surface area (Å²) < 4.78 is 16.7. The SMILES string of the molecule is COc1cc2c(CNC(=O)c3cnc[nH]3)cnc(C(=O)c3cccc(OC(C)C)c3)c2cc1OC. The van der Waals surface area contributed by atoms with Crippen LogP contribution in [0.2, 0.25) is 0 Å². The Morgan fingerprint density at radius 2 is 1.77 bits per heavy atom. The molecule has 2 heterocycles. The maximum atomic E-state index is 13.5. The molecule has 0 saturated carbocycles. The molecule has 2 aromatic carbocycles. The number of imidazole rings is 1. The van der Waals surface area contributed by atoms with Gasteiger partial charge in [0.15, 0.2) is 11.5 Å². The van der Waals surface area contributed by atoms with Crippen molar-refractivity contribution >= 4 is 22.5 Å². The van der Waals surface area contributed by atoms with Gasteiger partial charge in [-0.1, -0.05) is 12.1 Å². The zero-order valence-corrected chi connectivity index (χ0v) is 19.9. The molecule has 0 saturated heterocycles. The largest absolute Gasteiger partial charge is 0.493 e. The van der Waals surface area contributed by atoms with Crippen molar-refractivity contribution in [1.82, 2.24) is 20.3 Å². The Morgan fingerprint density at radius 3 is 2.43 bits per heavy atom. The van der Waals surface area contributed by atoms with E-state index in [1.54, 1.807) is 36.5 Å². The number of methoxy groups -OCH3 is 2. The van der Waals surface area contributed by atoms with Crippen molar-refractivity contribution in [3.05, 3.63) is 77.6 Å². The minimum Gasteiger partial charge on any atom is -0.493 e. The van der Waals surface area contributed by atoms with Gasteiger partial charge in [-0.05, 0) is 49.1 Å². The number of fused-ring (bicyclic) bond motifs is 1. The third kappa shape index (κ3) is 5.08. The van der Waals surface area contributed by atoms with Crippen LogP contribution in [-0.2, 0) is 6.54 Å². The fourth-order valence-corrected chi connectivity index (χ4v) is 3.71. The van der Waals surface area contributed by atoms with Crippen LogP contribution in [0.25, 0.3) is 10.8 Å². The monoisotopic (exact) mass is 474 g/mol. The van der Waals surface area contributed by atoms with Gasteiger partial charge in [0, 0.05) is 23.7 Å². The highest BCUT2D eigenvalue weighted by molar-refractivity contribution is 6.15. The van der Waals surface area contributed by atoms with E-state index < -0.39 is 0 Å². The van der Waals surface area contributed by atoms with E-state index in [9.17, 15) is 9.59 Å². The normalized spacial score (nSPS) is 10.9. The minimum absolute atomic E-state index is 0.0210. The van der Waals surface area contributed by atoms with Crippen molar-refractivity contribution in [2.75, 3.05) is 14.2 Å². The first-order valence-corrected chi connectivity index (χ1v) is 11.0. The smallest absolute Gasteiger partial charge is 0.269 e. The van der Waals surface area contributed by atoms with E-state index in [0.29, 0.717) is 44.8 Å². The first-order chi connectivity index (χ1) is 16.9. The molecular weight excluding hydrogens is 448 g/mol. The molecule has 0 spiro atoms. The number of nitrogens with zero attached hydrogens (tertiary/aromatic N) is 2. The van der Waals surface area contributed by atoms with Crippen molar-refractivity contribution in [3.8, 4) is 17.2 Å². The van der Waals surface area contributed by atoms with E-state index in [-0.39, 0.29) is 30.0 Å². The molecule has 0 unspecified atom stereocenters. The van der Waals surface area contributed by atoms with Crippen LogP contribution < -0.4 is 19.5 Å². The van der Waals surface area contributed by atoms with Gasteiger partial charge in [-0.2, -0.15) is 0 Å². The summed E-state index contributed by atoms with van der Waals surface area (Å²) in [6, 6.07) is 10.5. The van der Waals surface area contributed by atoms with E-state index in [2.05, 4.69) is 20.3 Å². The van der Waals surface area contributed by atoms with Gasteiger partial charge in [0.1, 0.15) is 17.1 Å². The summed E-state index contributed by atoms with van der Waals surface area (Å²) in [5, 5.41) is 4.13. The lowest BCUT2D eigenvalue weighted by Gasteiger charge is -2.15. The number of ether oxygens (including phenoxy) is 3. The second-order valence-corrected chi connectivity index (χ2v) is 8.06. The number of rotatable bonds is 9. The molecule has 2 N–H and O–H groups in total. The molecule has 0 aliphatic heterocycles. The van der Waals surface area contributed by atoms with E-state index in [4.69, 9.17) is 14.2 Å². The Labute approximate surface area is 202 Å². The Morgan fingerprint density at radius 1 is 1.03 bits per heavy atom. The fraction of sp³-hybridized carbons (Fsp3) is 0.231. The molecule has 35 heavy (non-hydrogen) atoms. The molecule has 0 atom stereocenters. The maximum Gasteiger partial charge on any atom is 0.269 e. The van der Waals surface area contributed by atoms with Crippen molar-refractivity contribution in [2.45, 2.75) is 26.5 Å². The second kappa shape index (κ2) is 10.3. The number of nitrogens with one attached hydrogen (secondary N) is 2. The Bertz CT molecular complexity index is 1370. The van der Waals surface area contributed by atoms with Crippen molar-refractivity contribution in [1.29, 1.82) is 0 Å². The highest BCUT2D eigenvalue weighted by Gasteiger charge is 2.20. The maximum absolute atomic E-state index is 13.5. The third-order valence-corrected chi connectivity index (χ3v) is 5.34. The fourth-order valence-electron chi connectivity index (χ4n) is 3.71. The Kier molecular flexibility index (Phi) is 6.96. The van der Waals surface area contributed by atoms with Gasteiger partial charge >= 0.3 is 0 Å². The van der Waals surface area contributed by atoms with Crippen molar-refractivity contribution < 1.29 is 23.8 Å². The van der Waals surface area contributed by atoms with Crippen LogP contribution >= 0.6 is 0 Å². The van der Waals surface area contributed by atoms with E-state index in [0.717, 1.165) is 0 Å². The molecular formula is C26H26N4O5. The quantitative estimate of drug-likeness (QED) is 0.353. The number of amides is 1. The number of pyridine rings is 1. The number of hydrogen-bond acceptors (Lipinski definition) is 7. The molecule has 0 aliphatic rings. The summed E-state index contributed by atoms with van der Waals surface area (Å²) >= 11 is 0. The predicted molar refractivity (Wildman–Crippen MR) is 130 cm³/mol. The number of benzene rings is 2. The summed E-state index contributed by atoms with van der Waals surface area (Å²) in [5.74, 6) is 1.000. The van der Waals surface area contributed by atoms with Gasteiger partial charge in [0.2, 0.25) is 5.78 Å². The number of ketones is 1. The first kappa shape index (κ1) is 23.7. The molecule has 1 amide bonds. The number of carbonyl (C=O) groups is 2. The van der Waals surface area contributed by atoms with Crippen LogP contribution in [0.1, 0.15) is 46.0 Å². The molecule has 0 bridgehead atoms. The molecule has 180 valence electrons. The van der Waals surface area contributed by atoms with Gasteiger partial charge in [-0.15, -0.1) is 0 Å². The molecule has 0 radical (unpaired) electrons.